The fourth-order valence-corrected chi connectivity index (χ4v) is 2.83. The molecule has 8 nitrogen and oxygen atoms in total. The molecule has 0 aliphatic rings. The van der Waals surface area contributed by atoms with Crippen LogP contribution in [0.25, 0.3) is 11.0 Å². The SMILES string of the molecule is COc1ncnc2c(CNC(CO)CO)cn(COCc3ccccc3)c12. The molecule has 3 rings (SSSR count). The molecular weight excluding hydrogens is 348 g/mol. The Morgan fingerprint density at radius 3 is 2.63 bits per heavy atom. The molecule has 8 heteroatoms. The van der Waals surface area contributed by atoms with E-state index in [-0.39, 0.29) is 19.3 Å². The number of hydrogen-bond donors (Lipinski definition) is 3. The van der Waals surface area contributed by atoms with E-state index in [0.29, 0.717) is 25.8 Å². The second-order valence-corrected chi connectivity index (χ2v) is 6.11. The summed E-state index contributed by atoms with van der Waals surface area (Å²) in [6.07, 6.45) is 3.38. The van der Waals surface area contributed by atoms with Crippen molar-refractivity contribution in [1.82, 2.24) is 19.9 Å². The lowest BCUT2D eigenvalue weighted by Gasteiger charge is -2.12. The summed E-state index contributed by atoms with van der Waals surface area (Å²) in [5, 5.41) is 21.6. The number of methoxy groups -OCH3 is 1. The molecule has 2 heterocycles. The summed E-state index contributed by atoms with van der Waals surface area (Å²) in [4.78, 5) is 8.56. The smallest absolute Gasteiger partial charge is 0.241 e. The van der Waals surface area contributed by atoms with Crippen molar-refractivity contribution in [2.75, 3.05) is 20.3 Å². The lowest BCUT2D eigenvalue weighted by atomic mass is 10.2. The predicted octanol–water partition coefficient (Wildman–Crippen LogP) is 1.06. The number of aliphatic hydroxyl groups is 2. The van der Waals surface area contributed by atoms with E-state index in [0.717, 1.165) is 22.2 Å². The first-order valence-electron chi connectivity index (χ1n) is 8.70. The normalized spacial score (nSPS) is 11.4. The van der Waals surface area contributed by atoms with Crippen LogP contribution in [0.5, 0.6) is 5.88 Å². The van der Waals surface area contributed by atoms with E-state index < -0.39 is 0 Å². The van der Waals surface area contributed by atoms with E-state index in [2.05, 4.69) is 15.3 Å². The Bertz CT molecular complexity index is 850. The Hall–Kier alpha value is -2.52. The molecule has 3 aromatic rings. The maximum atomic E-state index is 9.24. The topological polar surface area (TPSA) is 102 Å². The predicted molar refractivity (Wildman–Crippen MR) is 100 cm³/mol. The van der Waals surface area contributed by atoms with Crippen LogP contribution in [0, 0.1) is 0 Å². The molecule has 1 aromatic carbocycles. The van der Waals surface area contributed by atoms with Crippen molar-refractivity contribution in [2.45, 2.75) is 25.9 Å². The zero-order valence-electron chi connectivity index (χ0n) is 15.2. The third-order valence-corrected chi connectivity index (χ3v) is 4.25. The summed E-state index contributed by atoms with van der Waals surface area (Å²) in [7, 11) is 1.56. The maximum Gasteiger partial charge on any atom is 0.241 e. The van der Waals surface area contributed by atoms with Gasteiger partial charge in [0.05, 0.1) is 33.0 Å². The molecule has 2 aromatic heterocycles. The molecule has 0 spiro atoms. The van der Waals surface area contributed by atoms with Crippen molar-refractivity contribution in [3.8, 4) is 5.88 Å². The summed E-state index contributed by atoms with van der Waals surface area (Å²) >= 11 is 0. The lowest BCUT2D eigenvalue weighted by Crippen LogP contribution is -2.35. The molecule has 27 heavy (non-hydrogen) atoms. The van der Waals surface area contributed by atoms with Crippen molar-refractivity contribution in [3.05, 3.63) is 54.0 Å². The summed E-state index contributed by atoms with van der Waals surface area (Å²) in [5.74, 6) is 0.468. The minimum atomic E-state index is -0.388. The van der Waals surface area contributed by atoms with E-state index in [1.165, 1.54) is 6.33 Å². The van der Waals surface area contributed by atoms with Crippen LogP contribution in [0.15, 0.2) is 42.9 Å². The Morgan fingerprint density at radius 1 is 1.15 bits per heavy atom. The highest BCUT2D eigenvalue weighted by molar-refractivity contribution is 5.83. The second kappa shape index (κ2) is 9.43. The van der Waals surface area contributed by atoms with Crippen molar-refractivity contribution >= 4 is 11.0 Å². The van der Waals surface area contributed by atoms with Gasteiger partial charge >= 0.3 is 0 Å². The summed E-state index contributed by atoms with van der Waals surface area (Å²) in [5.41, 5.74) is 3.48. The van der Waals surface area contributed by atoms with Crippen LogP contribution in [0.2, 0.25) is 0 Å². The standard InChI is InChI=1S/C19H24N4O4/c1-26-19-18-17(21-12-22-19)15(7-20-16(9-24)10-25)8-23(18)13-27-11-14-5-3-2-4-6-14/h2-6,8,12,16,20,24-25H,7,9-11,13H2,1H3. The van der Waals surface area contributed by atoms with Gasteiger partial charge in [-0.25, -0.2) is 4.98 Å². The Morgan fingerprint density at radius 2 is 1.93 bits per heavy atom. The number of aromatic nitrogens is 3. The number of benzene rings is 1. The molecular formula is C19H24N4O4. The first kappa shape index (κ1) is 19.2. The molecule has 0 unspecified atom stereocenters. The third kappa shape index (κ3) is 4.61. The quantitative estimate of drug-likeness (QED) is 0.489. The average molecular weight is 372 g/mol. The van der Waals surface area contributed by atoms with Gasteiger partial charge in [0.1, 0.15) is 24.1 Å². The van der Waals surface area contributed by atoms with Gasteiger partial charge in [0.2, 0.25) is 5.88 Å². The molecule has 0 atom stereocenters. The van der Waals surface area contributed by atoms with Gasteiger partial charge in [0, 0.05) is 18.3 Å². The molecule has 0 saturated carbocycles. The largest absolute Gasteiger partial charge is 0.479 e. The molecule has 0 radical (unpaired) electrons. The Labute approximate surface area is 157 Å². The summed E-state index contributed by atoms with van der Waals surface area (Å²) < 4.78 is 13.1. The zero-order valence-corrected chi connectivity index (χ0v) is 15.2. The number of hydrogen-bond acceptors (Lipinski definition) is 7. The molecule has 144 valence electrons. The van der Waals surface area contributed by atoms with Gasteiger partial charge in [0.25, 0.3) is 0 Å². The van der Waals surface area contributed by atoms with E-state index in [1.54, 1.807) is 7.11 Å². The molecule has 0 aliphatic carbocycles. The van der Waals surface area contributed by atoms with E-state index in [9.17, 15) is 10.2 Å². The van der Waals surface area contributed by atoms with E-state index >= 15 is 0 Å². The fraction of sp³-hybridized carbons (Fsp3) is 0.368. The van der Waals surface area contributed by atoms with Crippen LogP contribution in [-0.2, 0) is 24.6 Å². The van der Waals surface area contributed by atoms with Crippen molar-refractivity contribution in [1.29, 1.82) is 0 Å². The number of ether oxygens (including phenoxy) is 2. The Kier molecular flexibility index (Phi) is 6.72. The Balaban J connectivity index is 1.80. The van der Waals surface area contributed by atoms with Crippen LogP contribution < -0.4 is 10.1 Å². The van der Waals surface area contributed by atoms with Crippen LogP contribution in [0.1, 0.15) is 11.1 Å². The van der Waals surface area contributed by atoms with Crippen LogP contribution >= 0.6 is 0 Å². The highest BCUT2D eigenvalue weighted by atomic mass is 16.5. The minimum Gasteiger partial charge on any atom is -0.479 e. The number of rotatable bonds is 10. The lowest BCUT2D eigenvalue weighted by molar-refractivity contribution is 0.0664. The minimum absolute atomic E-state index is 0.145. The van der Waals surface area contributed by atoms with Gasteiger partial charge in [-0.05, 0) is 5.56 Å². The van der Waals surface area contributed by atoms with Gasteiger partial charge < -0.3 is 29.6 Å². The van der Waals surface area contributed by atoms with Crippen LogP contribution in [0.4, 0.5) is 0 Å². The summed E-state index contributed by atoms with van der Waals surface area (Å²) in [6.45, 7) is 0.954. The molecule has 0 aliphatic heterocycles. The number of fused-ring (bicyclic) bond motifs is 1. The van der Waals surface area contributed by atoms with E-state index in [4.69, 9.17) is 9.47 Å². The van der Waals surface area contributed by atoms with Crippen molar-refractivity contribution in [3.63, 3.8) is 0 Å². The first-order valence-corrected chi connectivity index (χ1v) is 8.70. The van der Waals surface area contributed by atoms with Gasteiger partial charge in [-0.3, -0.25) is 0 Å². The second-order valence-electron chi connectivity index (χ2n) is 6.11. The number of aliphatic hydroxyl groups excluding tert-OH is 2. The number of nitrogens with zero attached hydrogens (tertiary/aromatic N) is 3. The van der Waals surface area contributed by atoms with Crippen LogP contribution in [-0.4, -0.2) is 51.1 Å². The molecule has 0 fully saturated rings. The monoisotopic (exact) mass is 372 g/mol. The van der Waals surface area contributed by atoms with E-state index in [1.807, 2.05) is 41.1 Å². The molecule has 0 amide bonds. The highest BCUT2D eigenvalue weighted by Gasteiger charge is 2.16. The van der Waals surface area contributed by atoms with Gasteiger partial charge in [-0.2, -0.15) is 4.98 Å². The third-order valence-electron chi connectivity index (χ3n) is 4.25. The summed E-state index contributed by atoms with van der Waals surface area (Å²) in [6, 6.07) is 9.55. The van der Waals surface area contributed by atoms with Gasteiger partial charge in [0.15, 0.2) is 0 Å². The number of nitrogens with one attached hydrogen (secondary N) is 1. The first-order chi connectivity index (χ1) is 13.3. The molecule has 0 saturated heterocycles. The van der Waals surface area contributed by atoms with Crippen molar-refractivity contribution in [2.24, 2.45) is 0 Å². The van der Waals surface area contributed by atoms with Gasteiger partial charge in [-0.1, -0.05) is 30.3 Å². The maximum absolute atomic E-state index is 9.24. The van der Waals surface area contributed by atoms with Gasteiger partial charge in [-0.15, -0.1) is 0 Å². The highest BCUT2D eigenvalue weighted by Crippen LogP contribution is 2.26. The fourth-order valence-electron chi connectivity index (χ4n) is 2.83. The molecule has 3 N–H and O–H groups in total. The zero-order chi connectivity index (χ0) is 19.1. The average Bonchev–Trinajstić information content (AvgIpc) is 3.07. The molecule has 0 bridgehead atoms. The van der Waals surface area contributed by atoms with Crippen LogP contribution in [0.3, 0.4) is 0 Å². The van der Waals surface area contributed by atoms with Crippen molar-refractivity contribution < 1.29 is 19.7 Å².